The highest BCUT2D eigenvalue weighted by Gasteiger charge is 2.16. The fraction of sp³-hybridized carbons (Fsp3) is 0.182. The molecule has 0 unspecified atom stereocenters. The van der Waals surface area contributed by atoms with E-state index in [9.17, 15) is 10.1 Å². The molecule has 10 heteroatoms. The molecule has 0 radical (unpaired) electrons. The molecule has 0 aliphatic carbocycles. The zero-order valence-electron chi connectivity index (χ0n) is 17.6. The largest absolute Gasteiger partial charge is 0.494 e. The first kappa shape index (κ1) is 22.2. The van der Waals surface area contributed by atoms with Crippen LogP contribution in [0.25, 0.3) is 11.3 Å². The van der Waals surface area contributed by atoms with Gasteiger partial charge in [-0.2, -0.15) is 10.2 Å². The van der Waals surface area contributed by atoms with Gasteiger partial charge in [0.15, 0.2) is 18.1 Å². The van der Waals surface area contributed by atoms with Crippen molar-refractivity contribution in [1.82, 2.24) is 9.97 Å². The number of hydrogen-bond donors (Lipinski definition) is 3. The van der Waals surface area contributed by atoms with E-state index in [2.05, 4.69) is 15.3 Å². The Hall–Kier alpha value is -4.52. The number of nitrogens with one attached hydrogen (secondary N) is 1. The number of nitrogens with two attached hydrogens (primary N) is 2. The van der Waals surface area contributed by atoms with Gasteiger partial charge in [0.1, 0.15) is 23.2 Å². The van der Waals surface area contributed by atoms with Crippen molar-refractivity contribution < 1.29 is 19.0 Å². The Bertz CT molecular complexity index is 1160. The number of amides is 1. The summed E-state index contributed by atoms with van der Waals surface area (Å²) < 4.78 is 16.4. The minimum atomic E-state index is -0.344. The molecule has 32 heavy (non-hydrogen) atoms. The maximum absolute atomic E-state index is 12.3. The van der Waals surface area contributed by atoms with Crippen LogP contribution in [-0.4, -0.2) is 36.2 Å². The maximum Gasteiger partial charge on any atom is 0.262 e. The van der Waals surface area contributed by atoms with Gasteiger partial charge in [-0.15, -0.1) is 0 Å². The molecule has 3 aromatic rings. The van der Waals surface area contributed by atoms with Crippen LogP contribution in [0.3, 0.4) is 0 Å². The van der Waals surface area contributed by atoms with E-state index >= 15 is 0 Å². The van der Waals surface area contributed by atoms with Crippen LogP contribution >= 0.6 is 0 Å². The zero-order chi connectivity index (χ0) is 23.1. The first-order valence-corrected chi connectivity index (χ1v) is 9.62. The molecule has 1 heterocycles. The topological polar surface area (TPSA) is 158 Å². The lowest BCUT2D eigenvalue weighted by Crippen LogP contribution is -2.20. The molecule has 10 nitrogen and oxygen atoms in total. The second kappa shape index (κ2) is 9.99. The molecule has 0 saturated heterocycles. The van der Waals surface area contributed by atoms with Gasteiger partial charge in [-0.05, 0) is 49.4 Å². The van der Waals surface area contributed by atoms with Gasteiger partial charge in [0.05, 0.1) is 19.4 Å². The molecule has 1 aromatic heterocycles. The number of rotatable bonds is 8. The van der Waals surface area contributed by atoms with Crippen LogP contribution in [0.2, 0.25) is 0 Å². The van der Waals surface area contributed by atoms with Crippen molar-refractivity contribution in [2.75, 3.05) is 37.1 Å². The third-order valence-corrected chi connectivity index (χ3v) is 4.31. The number of hydrogen-bond acceptors (Lipinski definition) is 9. The zero-order valence-corrected chi connectivity index (χ0v) is 17.6. The molecule has 0 fully saturated rings. The lowest BCUT2D eigenvalue weighted by atomic mass is 10.1. The van der Waals surface area contributed by atoms with Gasteiger partial charge in [0, 0.05) is 11.3 Å². The van der Waals surface area contributed by atoms with E-state index in [1.165, 1.54) is 7.11 Å². The molecule has 0 saturated carbocycles. The van der Waals surface area contributed by atoms with Crippen molar-refractivity contribution in [3.63, 3.8) is 0 Å². The maximum atomic E-state index is 12.3. The summed E-state index contributed by atoms with van der Waals surface area (Å²) in [5.41, 5.74) is 13.0. The molecular weight excluding hydrogens is 412 g/mol. The second-order valence-electron chi connectivity index (χ2n) is 6.46. The summed E-state index contributed by atoms with van der Waals surface area (Å²) >= 11 is 0. The van der Waals surface area contributed by atoms with Crippen molar-refractivity contribution in [2.24, 2.45) is 0 Å². The predicted molar refractivity (Wildman–Crippen MR) is 119 cm³/mol. The molecule has 0 atom stereocenters. The van der Waals surface area contributed by atoms with Crippen molar-refractivity contribution in [2.45, 2.75) is 6.92 Å². The van der Waals surface area contributed by atoms with E-state index in [0.29, 0.717) is 29.4 Å². The van der Waals surface area contributed by atoms with Gasteiger partial charge >= 0.3 is 0 Å². The van der Waals surface area contributed by atoms with E-state index in [1.807, 2.05) is 13.0 Å². The number of carbonyl (C=O) groups excluding carboxylic acids is 1. The summed E-state index contributed by atoms with van der Waals surface area (Å²) in [6.45, 7) is 2.23. The normalized spacial score (nSPS) is 10.2. The van der Waals surface area contributed by atoms with Crippen molar-refractivity contribution in [1.29, 1.82) is 5.26 Å². The second-order valence-corrected chi connectivity index (χ2v) is 6.46. The molecule has 1 amide bonds. The summed E-state index contributed by atoms with van der Waals surface area (Å²) in [7, 11) is 1.46. The van der Waals surface area contributed by atoms with Gasteiger partial charge in [-0.3, -0.25) is 4.79 Å². The van der Waals surface area contributed by atoms with Gasteiger partial charge in [0.25, 0.3) is 5.91 Å². The average molecular weight is 434 g/mol. The molecule has 0 aliphatic heterocycles. The van der Waals surface area contributed by atoms with Crippen LogP contribution in [-0.2, 0) is 4.79 Å². The highest BCUT2D eigenvalue weighted by Crippen LogP contribution is 2.34. The van der Waals surface area contributed by atoms with Crippen LogP contribution in [0.1, 0.15) is 12.5 Å². The number of anilines is 3. The van der Waals surface area contributed by atoms with Gasteiger partial charge < -0.3 is 31.0 Å². The van der Waals surface area contributed by atoms with Crippen LogP contribution in [0.15, 0.2) is 42.5 Å². The van der Waals surface area contributed by atoms with Gasteiger partial charge in [0.2, 0.25) is 5.95 Å². The third kappa shape index (κ3) is 5.14. The Labute approximate surface area is 184 Å². The van der Waals surface area contributed by atoms with E-state index in [1.54, 1.807) is 42.5 Å². The Morgan fingerprint density at radius 3 is 2.50 bits per heavy atom. The number of nitrogen functional groups attached to an aromatic ring is 2. The van der Waals surface area contributed by atoms with Crippen LogP contribution in [0.4, 0.5) is 17.5 Å². The Kier molecular flexibility index (Phi) is 6.92. The van der Waals surface area contributed by atoms with E-state index in [0.717, 1.165) is 5.75 Å². The number of carbonyl (C=O) groups is 1. The molecule has 0 spiro atoms. The highest BCUT2D eigenvalue weighted by atomic mass is 16.5. The number of aromatic nitrogens is 2. The number of methoxy groups -OCH3 is 1. The minimum absolute atomic E-state index is 0.0137. The Morgan fingerprint density at radius 1 is 1.09 bits per heavy atom. The number of nitrogens with zero attached hydrogens (tertiary/aromatic N) is 3. The lowest BCUT2D eigenvalue weighted by Gasteiger charge is -2.13. The molecular formula is C22H22N6O4. The fourth-order valence-corrected chi connectivity index (χ4v) is 2.89. The van der Waals surface area contributed by atoms with Gasteiger partial charge in [-0.1, -0.05) is 0 Å². The van der Waals surface area contributed by atoms with Crippen LogP contribution in [0.5, 0.6) is 17.2 Å². The summed E-state index contributed by atoms with van der Waals surface area (Å²) in [5, 5.41) is 12.1. The number of ether oxygens (including phenoxy) is 3. The number of benzene rings is 2. The fourth-order valence-electron chi connectivity index (χ4n) is 2.89. The molecule has 3 rings (SSSR count). The first-order chi connectivity index (χ1) is 15.4. The summed E-state index contributed by atoms with van der Waals surface area (Å²) in [6, 6.07) is 13.9. The Balaban J connectivity index is 1.72. The molecule has 2 aromatic carbocycles. The lowest BCUT2D eigenvalue weighted by molar-refractivity contribution is -0.118. The minimum Gasteiger partial charge on any atom is -0.494 e. The molecule has 164 valence electrons. The number of nitriles is 1. The quantitative estimate of drug-likeness (QED) is 0.484. The molecule has 0 aliphatic rings. The average Bonchev–Trinajstić information content (AvgIpc) is 2.78. The highest BCUT2D eigenvalue weighted by molar-refractivity contribution is 5.92. The summed E-state index contributed by atoms with van der Waals surface area (Å²) in [4.78, 5) is 20.2. The molecule has 5 N–H and O–H groups in total. The van der Waals surface area contributed by atoms with Crippen LogP contribution in [0, 0.1) is 11.3 Å². The van der Waals surface area contributed by atoms with E-state index in [-0.39, 0.29) is 35.5 Å². The first-order valence-electron chi connectivity index (χ1n) is 9.62. The summed E-state index contributed by atoms with van der Waals surface area (Å²) in [6.07, 6.45) is 0. The predicted octanol–water partition coefficient (Wildman–Crippen LogP) is 2.60. The Morgan fingerprint density at radius 2 is 1.84 bits per heavy atom. The van der Waals surface area contributed by atoms with E-state index < -0.39 is 0 Å². The van der Waals surface area contributed by atoms with Crippen molar-refractivity contribution in [3.05, 3.63) is 48.0 Å². The summed E-state index contributed by atoms with van der Waals surface area (Å²) in [5.74, 6) is 0.992. The standard InChI is InChI=1S/C22H22N6O4/c1-3-31-15-7-5-14(6-8-15)26-19(29)12-32-17-9-4-13(10-18(17)30-2)20-16(11-23)21(24)28-22(25)27-20/h4-10H,3,12H2,1-2H3,(H,26,29)(H4,24,25,27,28). The SMILES string of the molecule is CCOc1ccc(NC(=O)COc2ccc(-c3nc(N)nc(N)c3C#N)cc2OC)cc1. The monoisotopic (exact) mass is 434 g/mol. The molecule has 0 bridgehead atoms. The van der Waals surface area contributed by atoms with Crippen molar-refractivity contribution >= 4 is 23.4 Å². The van der Waals surface area contributed by atoms with Crippen molar-refractivity contribution in [3.8, 4) is 34.6 Å². The third-order valence-electron chi connectivity index (χ3n) is 4.31. The van der Waals surface area contributed by atoms with Crippen LogP contribution < -0.4 is 31.0 Å². The van der Waals surface area contributed by atoms with Gasteiger partial charge in [-0.25, -0.2) is 4.98 Å². The smallest absolute Gasteiger partial charge is 0.262 e. The van der Waals surface area contributed by atoms with E-state index in [4.69, 9.17) is 25.7 Å².